The molecule has 0 unspecified atom stereocenters. The third-order valence-corrected chi connectivity index (χ3v) is 5.13. The molecule has 1 saturated heterocycles. The van der Waals surface area contributed by atoms with Crippen LogP contribution in [0, 0.1) is 0 Å². The molecule has 0 radical (unpaired) electrons. The van der Waals surface area contributed by atoms with E-state index in [0.29, 0.717) is 18.3 Å². The molecule has 0 bridgehead atoms. The van der Waals surface area contributed by atoms with Crippen LogP contribution in [-0.2, 0) is 17.7 Å². The lowest BCUT2D eigenvalue weighted by Crippen LogP contribution is -2.39. The van der Waals surface area contributed by atoms with Crippen molar-refractivity contribution in [2.45, 2.75) is 13.0 Å². The van der Waals surface area contributed by atoms with Gasteiger partial charge < -0.3 is 20.1 Å². The van der Waals surface area contributed by atoms with Gasteiger partial charge in [0.1, 0.15) is 17.5 Å². The molecule has 8 heteroatoms. The lowest BCUT2D eigenvalue weighted by molar-refractivity contribution is 0.0322. The molecular weight excluding hydrogens is 402 g/mol. The van der Waals surface area contributed by atoms with Crippen molar-refractivity contribution in [3.8, 4) is 5.75 Å². The van der Waals surface area contributed by atoms with Crippen LogP contribution in [0.2, 0.25) is 5.15 Å². The van der Waals surface area contributed by atoms with Crippen LogP contribution in [0.1, 0.15) is 11.1 Å². The van der Waals surface area contributed by atoms with Crippen LogP contribution in [0.4, 0.5) is 0 Å². The molecule has 2 heterocycles. The fourth-order valence-electron chi connectivity index (χ4n) is 3.18. The molecule has 0 atom stereocenters. The van der Waals surface area contributed by atoms with Crippen LogP contribution in [0.5, 0.6) is 5.75 Å². The quantitative estimate of drug-likeness (QED) is 0.361. The van der Waals surface area contributed by atoms with E-state index in [-0.39, 0.29) is 0 Å². The zero-order valence-corrected chi connectivity index (χ0v) is 18.2. The van der Waals surface area contributed by atoms with E-state index in [1.54, 1.807) is 19.3 Å². The maximum absolute atomic E-state index is 6.05. The van der Waals surface area contributed by atoms with Crippen molar-refractivity contribution in [1.82, 2.24) is 20.5 Å². The van der Waals surface area contributed by atoms with Crippen LogP contribution in [0.25, 0.3) is 0 Å². The minimum Gasteiger partial charge on any atom is -0.492 e. The van der Waals surface area contributed by atoms with Gasteiger partial charge in [-0.3, -0.25) is 9.89 Å². The molecule has 3 rings (SSSR count). The van der Waals surface area contributed by atoms with Crippen molar-refractivity contribution < 1.29 is 9.47 Å². The third-order valence-electron chi connectivity index (χ3n) is 4.91. The van der Waals surface area contributed by atoms with Gasteiger partial charge in [-0.1, -0.05) is 35.9 Å². The van der Waals surface area contributed by atoms with Crippen molar-refractivity contribution >= 4 is 17.6 Å². The minimum atomic E-state index is 0.509. The Morgan fingerprint density at radius 3 is 2.80 bits per heavy atom. The first kappa shape index (κ1) is 22.3. The summed E-state index contributed by atoms with van der Waals surface area (Å²) in [5, 5.41) is 7.19. The number of aromatic nitrogens is 1. The molecule has 0 spiro atoms. The number of halogens is 1. The lowest BCUT2D eigenvalue weighted by Gasteiger charge is -2.26. The Bertz CT molecular complexity index is 794. The number of ether oxygens (including phenoxy) is 2. The molecule has 0 saturated carbocycles. The number of rotatable bonds is 9. The van der Waals surface area contributed by atoms with Gasteiger partial charge in [-0.05, 0) is 24.1 Å². The molecular formula is C22H30ClN5O2. The fraction of sp³-hybridized carbons (Fsp3) is 0.455. The average Bonchev–Trinajstić information content (AvgIpc) is 2.79. The van der Waals surface area contributed by atoms with E-state index in [1.165, 1.54) is 0 Å². The van der Waals surface area contributed by atoms with E-state index in [4.69, 9.17) is 21.1 Å². The van der Waals surface area contributed by atoms with Gasteiger partial charge in [0.15, 0.2) is 5.96 Å². The number of para-hydroxylation sites is 1. The maximum atomic E-state index is 6.05. The Hall–Kier alpha value is -2.35. The summed E-state index contributed by atoms with van der Waals surface area (Å²) in [5.41, 5.74) is 2.23. The summed E-state index contributed by atoms with van der Waals surface area (Å²) in [5.74, 6) is 1.65. The van der Waals surface area contributed by atoms with Gasteiger partial charge in [-0.15, -0.1) is 0 Å². The number of hydrogen-bond donors (Lipinski definition) is 2. The van der Waals surface area contributed by atoms with Crippen LogP contribution >= 0.6 is 11.6 Å². The average molecular weight is 432 g/mol. The molecule has 2 N–H and O–H groups in total. The molecule has 1 aliphatic heterocycles. The summed E-state index contributed by atoms with van der Waals surface area (Å²) in [6.07, 6.45) is 2.64. The summed E-state index contributed by atoms with van der Waals surface area (Å²) < 4.78 is 11.4. The van der Waals surface area contributed by atoms with Crippen molar-refractivity contribution in [2.24, 2.45) is 4.99 Å². The van der Waals surface area contributed by atoms with Crippen molar-refractivity contribution in [3.63, 3.8) is 0 Å². The Kier molecular flexibility index (Phi) is 9.21. The molecule has 1 aliphatic rings. The number of nitrogens with zero attached hydrogens (tertiary/aromatic N) is 3. The van der Waals surface area contributed by atoms with Crippen molar-refractivity contribution in [1.29, 1.82) is 0 Å². The second-order valence-electron chi connectivity index (χ2n) is 7.00. The van der Waals surface area contributed by atoms with E-state index in [9.17, 15) is 0 Å². The lowest BCUT2D eigenvalue weighted by atomic mass is 10.2. The first-order valence-electron chi connectivity index (χ1n) is 10.3. The maximum Gasteiger partial charge on any atom is 0.191 e. The second-order valence-corrected chi connectivity index (χ2v) is 7.39. The number of aliphatic imine (C=N–C) groups is 1. The van der Waals surface area contributed by atoms with E-state index < -0.39 is 0 Å². The van der Waals surface area contributed by atoms with Gasteiger partial charge in [0.25, 0.3) is 0 Å². The standard InChI is InChI=1S/C22H30ClN5O2/c1-24-22(25-9-8-18-6-7-21(23)26-16-18)27-17-19-4-2-3-5-20(19)30-15-12-28-10-13-29-14-11-28/h2-7,16H,8-15,17H2,1H3,(H2,24,25,27). The van der Waals surface area contributed by atoms with Crippen LogP contribution in [-0.4, -0.2) is 68.9 Å². The van der Waals surface area contributed by atoms with Gasteiger partial charge in [0, 0.05) is 51.5 Å². The molecule has 1 aromatic heterocycles. The first-order chi connectivity index (χ1) is 14.7. The number of morpholine rings is 1. The molecule has 1 aromatic carbocycles. The molecule has 1 fully saturated rings. The minimum absolute atomic E-state index is 0.509. The fourth-order valence-corrected chi connectivity index (χ4v) is 3.29. The summed E-state index contributed by atoms with van der Waals surface area (Å²) >= 11 is 5.83. The predicted octanol–water partition coefficient (Wildman–Crippen LogP) is 2.35. The monoisotopic (exact) mass is 431 g/mol. The number of hydrogen-bond acceptors (Lipinski definition) is 5. The summed E-state index contributed by atoms with van der Waals surface area (Å²) in [6.45, 7) is 6.52. The van der Waals surface area contributed by atoms with E-state index in [0.717, 1.165) is 68.6 Å². The molecule has 0 aliphatic carbocycles. The van der Waals surface area contributed by atoms with E-state index >= 15 is 0 Å². The zero-order valence-electron chi connectivity index (χ0n) is 17.4. The third kappa shape index (κ3) is 7.48. The molecule has 2 aromatic rings. The Morgan fingerprint density at radius 1 is 1.20 bits per heavy atom. The van der Waals surface area contributed by atoms with Gasteiger partial charge in [-0.2, -0.15) is 0 Å². The highest BCUT2D eigenvalue weighted by Crippen LogP contribution is 2.17. The van der Waals surface area contributed by atoms with Crippen molar-refractivity contribution in [2.75, 3.05) is 53.0 Å². The number of pyridine rings is 1. The van der Waals surface area contributed by atoms with Gasteiger partial charge in [-0.25, -0.2) is 4.98 Å². The van der Waals surface area contributed by atoms with Crippen LogP contribution in [0.3, 0.4) is 0 Å². The number of nitrogens with one attached hydrogen (secondary N) is 2. The second kappa shape index (κ2) is 12.4. The Labute approximate surface area is 183 Å². The van der Waals surface area contributed by atoms with Crippen molar-refractivity contribution in [3.05, 3.63) is 58.9 Å². The van der Waals surface area contributed by atoms with E-state index in [2.05, 4.69) is 31.6 Å². The topological polar surface area (TPSA) is 71.0 Å². The van der Waals surface area contributed by atoms with Crippen LogP contribution in [0.15, 0.2) is 47.6 Å². The molecule has 0 amide bonds. The summed E-state index contributed by atoms with van der Waals surface area (Å²) in [6, 6.07) is 11.9. The summed E-state index contributed by atoms with van der Waals surface area (Å²) in [7, 11) is 1.77. The molecule has 7 nitrogen and oxygen atoms in total. The number of guanidine groups is 1. The highest BCUT2D eigenvalue weighted by molar-refractivity contribution is 6.29. The molecule has 162 valence electrons. The summed E-state index contributed by atoms with van der Waals surface area (Å²) in [4.78, 5) is 10.8. The Morgan fingerprint density at radius 2 is 2.03 bits per heavy atom. The highest BCUT2D eigenvalue weighted by atomic mass is 35.5. The van der Waals surface area contributed by atoms with E-state index in [1.807, 2.05) is 24.3 Å². The predicted molar refractivity (Wildman–Crippen MR) is 120 cm³/mol. The number of benzene rings is 1. The van der Waals surface area contributed by atoms with Crippen LogP contribution < -0.4 is 15.4 Å². The van der Waals surface area contributed by atoms with Gasteiger partial charge in [0.05, 0.1) is 13.2 Å². The highest BCUT2D eigenvalue weighted by Gasteiger charge is 2.11. The molecule has 30 heavy (non-hydrogen) atoms. The zero-order chi connectivity index (χ0) is 21.0. The first-order valence-corrected chi connectivity index (χ1v) is 10.7. The SMILES string of the molecule is CN=C(NCCc1ccc(Cl)nc1)NCc1ccccc1OCCN1CCOCC1. The Balaban J connectivity index is 1.42. The normalized spacial score (nSPS) is 15.1. The van der Waals surface area contributed by atoms with Gasteiger partial charge in [0.2, 0.25) is 0 Å². The van der Waals surface area contributed by atoms with Gasteiger partial charge >= 0.3 is 0 Å². The smallest absolute Gasteiger partial charge is 0.191 e. The largest absolute Gasteiger partial charge is 0.492 e.